The van der Waals surface area contributed by atoms with Crippen LogP contribution in [0.2, 0.25) is 5.15 Å². The molecule has 0 unspecified atom stereocenters. The molecule has 0 aromatic carbocycles. The number of aryl methyl sites for hydroxylation is 1. The average Bonchev–Trinajstić information content (AvgIpc) is 2.23. The molecule has 0 spiro atoms. The topological polar surface area (TPSA) is 80.9 Å². The maximum Gasteiger partial charge on any atom is 0.231 e. The van der Waals surface area contributed by atoms with Crippen LogP contribution in [0, 0.1) is 6.92 Å². The molecule has 0 aliphatic heterocycles. The van der Waals surface area contributed by atoms with Crippen molar-refractivity contribution < 1.29 is 4.79 Å². The number of nitrogens with one attached hydrogen (secondary N) is 1. The minimum absolute atomic E-state index is 0.0938. The second kappa shape index (κ2) is 7.19. The molecule has 1 aromatic heterocycles. The van der Waals surface area contributed by atoms with E-state index in [-0.39, 0.29) is 11.9 Å². The summed E-state index contributed by atoms with van der Waals surface area (Å²) in [5.41, 5.74) is 6.09. The Morgan fingerprint density at radius 3 is 2.82 bits per heavy atom. The third kappa shape index (κ3) is 5.60. The number of nitrogens with zero attached hydrogens (tertiary/aromatic N) is 2. The third-order valence-corrected chi connectivity index (χ3v) is 2.38. The van der Waals surface area contributed by atoms with Crippen molar-refractivity contribution in [2.75, 3.05) is 11.9 Å². The number of carbonyl (C=O) groups excluding carboxylic acids is 1. The molecule has 17 heavy (non-hydrogen) atoms. The summed E-state index contributed by atoms with van der Waals surface area (Å²) in [4.78, 5) is 19.5. The number of carbonyl (C=O) groups is 1. The van der Waals surface area contributed by atoms with Crippen molar-refractivity contribution in [1.29, 1.82) is 0 Å². The lowest BCUT2D eigenvalue weighted by Gasteiger charge is -2.04. The SMILES string of the molecule is Cc1cc(Cl)nc(NC(=O)CCCCCN)n1. The first-order chi connectivity index (χ1) is 8.11. The molecule has 0 radical (unpaired) electrons. The van der Waals surface area contributed by atoms with Crippen LogP contribution >= 0.6 is 11.6 Å². The number of nitrogens with two attached hydrogens (primary N) is 1. The lowest BCUT2D eigenvalue weighted by molar-refractivity contribution is -0.116. The molecular weight excluding hydrogens is 240 g/mol. The summed E-state index contributed by atoms with van der Waals surface area (Å²) < 4.78 is 0. The lowest BCUT2D eigenvalue weighted by Crippen LogP contribution is -2.14. The lowest BCUT2D eigenvalue weighted by atomic mass is 10.2. The van der Waals surface area contributed by atoms with Crippen molar-refractivity contribution in [3.05, 3.63) is 16.9 Å². The molecule has 0 bridgehead atoms. The highest BCUT2D eigenvalue weighted by Gasteiger charge is 2.05. The van der Waals surface area contributed by atoms with Crippen molar-refractivity contribution in [1.82, 2.24) is 9.97 Å². The molecule has 0 aliphatic carbocycles. The Morgan fingerprint density at radius 2 is 2.18 bits per heavy atom. The average molecular weight is 257 g/mol. The molecule has 5 nitrogen and oxygen atoms in total. The van der Waals surface area contributed by atoms with Crippen LogP contribution in [0.25, 0.3) is 0 Å². The second-order valence-corrected chi connectivity index (χ2v) is 4.19. The Labute approximate surface area is 106 Å². The zero-order valence-corrected chi connectivity index (χ0v) is 10.6. The molecule has 0 saturated heterocycles. The molecule has 1 amide bonds. The van der Waals surface area contributed by atoms with Gasteiger partial charge < -0.3 is 5.73 Å². The van der Waals surface area contributed by atoms with Gasteiger partial charge in [0.05, 0.1) is 0 Å². The van der Waals surface area contributed by atoms with Crippen LogP contribution < -0.4 is 11.1 Å². The van der Waals surface area contributed by atoms with E-state index in [9.17, 15) is 4.79 Å². The summed E-state index contributed by atoms with van der Waals surface area (Å²) in [5.74, 6) is 0.169. The van der Waals surface area contributed by atoms with Crippen LogP contribution in [0.15, 0.2) is 6.07 Å². The zero-order valence-electron chi connectivity index (χ0n) is 9.87. The summed E-state index contributed by atoms with van der Waals surface area (Å²) in [6.07, 6.45) is 3.18. The number of anilines is 1. The van der Waals surface area contributed by atoms with Gasteiger partial charge in [-0.3, -0.25) is 10.1 Å². The van der Waals surface area contributed by atoms with E-state index in [2.05, 4.69) is 15.3 Å². The van der Waals surface area contributed by atoms with Gasteiger partial charge in [-0.25, -0.2) is 9.97 Å². The predicted octanol–water partition coefficient (Wildman–Crippen LogP) is 1.90. The number of hydrogen-bond acceptors (Lipinski definition) is 4. The van der Waals surface area contributed by atoms with Crippen LogP contribution in [0.4, 0.5) is 5.95 Å². The van der Waals surface area contributed by atoms with E-state index in [1.54, 1.807) is 13.0 Å². The number of halogens is 1. The van der Waals surface area contributed by atoms with E-state index in [0.717, 1.165) is 25.0 Å². The molecule has 0 atom stereocenters. The first kappa shape index (κ1) is 13.9. The first-order valence-corrected chi connectivity index (χ1v) is 6.00. The van der Waals surface area contributed by atoms with Gasteiger partial charge in [-0.2, -0.15) is 0 Å². The fraction of sp³-hybridized carbons (Fsp3) is 0.545. The fourth-order valence-corrected chi connectivity index (χ4v) is 1.62. The van der Waals surface area contributed by atoms with Gasteiger partial charge in [-0.05, 0) is 32.4 Å². The molecule has 6 heteroatoms. The van der Waals surface area contributed by atoms with E-state index < -0.39 is 0 Å². The smallest absolute Gasteiger partial charge is 0.231 e. The summed E-state index contributed by atoms with van der Waals surface area (Å²) in [7, 11) is 0. The van der Waals surface area contributed by atoms with Crippen LogP contribution in [0.3, 0.4) is 0 Å². The quantitative estimate of drug-likeness (QED) is 0.602. The van der Waals surface area contributed by atoms with Crippen LogP contribution in [-0.4, -0.2) is 22.4 Å². The molecule has 1 rings (SSSR count). The maximum absolute atomic E-state index is 11.5. The van der Waals surface area contributed by atoms with Crippen LogP contribution in [0.1, 0.15) is 31.4 Å². The molecule has 0 aliphatic rings. The van der Waals surface area contributed by atoms with Gasteiger partial charge >= 0.3 is 0 Å². The molecule has 1 heterocycles. The van der Waals surface area contributed by atoms with Gasteiger partial charge in [0, 0.05) is 12.1 Å². The van der Waals surface area contributed by atoms with E-state index in [4.69, 9.17) is 17.3 Å². The summed E-state index contributed by atoms with van der Waals surface area (Å²) in [6.45, 7) is 2.46. The van der Waals surface area contributed by atoms with Gasteiger partial charge in [-0.15, -0.1) is 0 Å². The number of aromatic nitrogens is 2. The Hall–Kier alpha value is -1.20. The van der Waals surface area contributed by atoms with Gasteiger partial charge in [0.1, 0.15) is 5.15 Å². The van der Waals surface area contributed by atoms with Crippen molar-refractivity contribution >= 4 is 23.5 Å². The number of hydrogen-bond donors (Lipinski definition) is 2. The van der Waals surface area contributed by atoms with E-state index >= 15 is 0 Å². The van der Waals surface area contributed by atoms with Gasteiger partial charge in [0.15, 0.2) is 0 Å². The molecule has 1 aromatic rings. The molecule has 3 N–H and O–H groups in total. The largest absolute Gasteiger partial charge is 0.330 e. The first-order valence-electron chi connectivity index (χ1n) is 5.63. The number of amides is 1. The van der Waals surface area contributed by atoms with Crippen LogP contribution in [0.5, 0.6) is 0 Å². The van der Waals surface area contributed by atoms with Crippen molar-refractivity contribution in [3.8, 4) is 0 Å². The molecular formula is C11H17ClN4O. The van der Waals surface area contributed by atoms with Crippen molar-refractivity contribution in [2.24, 2.45) is 5.73 Å². The molecule has 0 fully saturated rings. The Morgan fingerprint density at radius 1 is 1.41 bits per heavy atom. The van der Waals surface area contributed by atoms with Gasteiger partial charge in [-0.1, -0.05) is 18.0 Å². The fourth-order valence-electron chi connectivity index (χ4n) is 1.38. The predicted molar refractivity (Wildman–Crippen MR) is 67.9 cm³/mol. The Kier molecular flexibility index (Phi) is 5.86. The van der Waals surface area contributed by atoms with Crippen molar-refractivity contribution in [2.45, 2.75) is 32.6 Å². The normalized spacial score (nSPS) is 10.3. The monoisotopic (exact) mass is 256 g/mol. The minimum Gasteiger partial charge on any atom is -0.330 e. The highest BCUT2D eigenvalue weighted by Crippen LogP contribution is 2.10. The van der Waals surface area contributed by atoms with E-state index in [0.29, 0.717) is 18.1 Å². The summed E-state index contributed by atoms with van der Waals surface area (Å²) >= 11 is 5.76. The highest BCUT2D eigenvalue weighted by molar-refractivity contribution is 6.29. The molecule has 94 valence electrons. The second-order valence-electron chi connectivity index (χ2n) is 3.80. The third-order valence-electron chi connectivity index (χ3n) is 2.18. The Bertz CT molecular complexity index is 363. The molecule has 0 saturated carbocycles. The van der Waals surface area contributed by atoms with Gasteiger partial charge in [0.25, 0.3) is 0 Å². The van der Waals surface area contributed by atoms with E-state index in [1.807, 2.05) is 0 Å². The van der Waals surface area contributed by atoms with E-state index in [1.165, 1.54) is 0 Å². The minimum atomic E-state index is -0.0938. The Balaban J connectivity index is 2.39. The van der Waals surface area contributed by atoms with Gasteiger partial charge in [0.2, 0.25) is 11.9 Å². The maximum atomic E-state index is 11.5. The summed E-state index contributed by atoms with van der Waals surface area (Å²) in [5, 5.41) is 2.95. The zero-order chi connectivity index (χ0) is 12.7. The number of unbranched alkanes of at least 4 members (excludes halogenated alkanes) is 2. The summed E-state index contributed by atoms with van der Waals surface area (Å²) in [6, 6.07) is 1.64. The standard InChI is InChI=1S/C11H17ClN4O/c1-8-7-9(12)15-11(14-8)16-10(17)5-3-2-4-6-13/h7H,2-6,13H2,1H3,(H,14,15,16,17). The highest BCUT2D eigenvalue weighted by atomic mass is 35.5. The number of rotatable bonds is 6. The van der Waals surface area contributed by atoms with Crippen LogP contribution in [-0.2, 0) is 4.79 Å². The van der Waals surface area contributed by atoms with Crippen molar-refractivity contribution in [3.63, 3.8) is 0 Å².